The second-order valence-electron chi connectivity index (χ2n) is 4.20. The average molecular weight is 238 g/mol. The molecule has 1 heterocycles. The first-order valence-corrected chi connectivity index (χ1v) is 5.41. The van der Waals surface area contributed by atoms with E-state index in [1.807, 2.05) is 0 Å². The maximum Gasteiger partial charge on any atom is 0.269 e. The molecule has 0 bridgehead atoms. The summed E-state index contributed by atoms with van der Waals surface area (Å²) in [5.41, 5.74) is 0.940. The molecule has 0 saturated carbocycles. The van der Waals surface area contributed by atoms with Crippen molar-refractivity contribution in [3.63, 3.8) is 0 Å². The molecule has 3 N–H and O–H groups in total. The minimum Gasteiger partial charge on any atom is -0.389 e. The van der Waals surface area contributed by atoms with E-state index in [0.29, 0.717) is 13.0 Å². The van der Waals surface area contributed by atoms with Gasteiger partial charge < -0.3 is 15.5 Å². The van der Waals surface area contributed by atoms with Crippen LogP contribution in [0.25, 0.3) is 0 Å². The summed E-state index contributed by atoms with van der Waals surface area (Å²) < 4.78 is 0. The van der Waals surface area contributed by atoms with Crippen molar-refractivity contribution in [3.05, 3.63) is 39.9 Å². The largest absolute Gasteiger partial charge is 0.389 e. The summed E-state index contributed by atoms with van der Waals surface area (Å²) in [6.07, 6.45) is -0.987. The van der Waals surface area contributed by atoms with E-state index in [0.717, 1.165) is 5.56 Å². The smallest absolute Gasteiger partial charge is 0.269 e. The van der Waals surface area contributed by atoms with Crippen molar-refractivity contribution >= 4 is 5.69 Å². The van der Waals surface area contributed by atoms with Gasteiger partial charge >= 0.3 is 0 Å². The standard InChI is InChI=1S/C11H14N2O4/c14-10-6-12-9(11(10)15)5-7-1-3-8(4-2-7)13(16)17/h1-4,9-12,14-15H,5-6H2/t9-,10+,11+/m1/s1. The first kappa shape index (κ1) is 12.0. The number of nitrogens with zero attached hydrogens (tertiary/aromatic N) is 1. The Balaban J connectivity index is 2.02. The molecule has 0 spiro atoms. The lowest BCUT2D eigenvalue weighted by Gasteiger charge is -2.15. The van der Waals surface area contributed by atoms with E-state index in [-0.39, 0.29) is 11.7 Å². The van der Waals surface area contributed by atoms with Gasteiger partial charge in [-0.05, 0) is 12.0 Å². The Morgan fingerprint density at radius 2 is 2.00 bits per heavy atom. The molecule has 1 fully saturated rings. The van der Waals surface area contributed by atoms with E-state index in [1.165, 1.54) is 12.1 Å². The number of non-ortho nitro benzene ring substituents is 1. The van der Waals surface area contributed by atoms with Crippen molar-refractivity contribution < 1.29 is 15.1 Å². The number of rotatable bonds is 3. The normalized spacial score (nSPS) is 28.2. The molecule has 0 radical (unpaired) electrons. The highest BCUT2D eigenvalue weighted by molar-refractivity contribution is 5.33. The van der Waals surface area contributed by atoms with Gasteiger partial charge in [-0.2, -0.15) is 0 Å². The van der Waals surface area contributed by atoms with E-state index in [2.05, 4.69) is 5.32 Å². The Morgan fingerprint density at radius 1 is 1.35 bits per heavy atom. The van der Waals surface area contributed by atoms with Crippen molar-refractivity contribution in [2.75, 3.05) is 6.54 Å². The molecule has 1 saturated heterocycles. The van der Waals surface area contributed by atoms with Crippen LogP contribution in [0.1, 0.15) is 5.56 Å². The quantitative estimate of drug-likeness (QED) is 0.502. The molecule has 0 aliphatic carbocycles. The van der Waals surface area contributed by atoms with Crippen molar-refractivity contribution in [2.45, 2.75) is 24.7 Å². The molecule has 6 heteroatoms. The van der Waals surface area contributed by atoms with Crippen LogP contribution in [0.4, 0.5) is 5.69 Å². The molecule has 0 aromatic heterocycles. The van der Waals surface area contributed by atoms with E-state index in [1.54, 1.807) is 12.1 Å². The molecule has 3 atom stereocenters. The molecule has 0 unspecified atom stereocenters. The van der Waals surface area contributed by atoms with Crippen molar-refractivity contribution in [2.24, 2.45) is 0 Å². The second-order valence-corrected chi connectivity index (χ2v) is 4.20. The molecular weight excluding hydrogens is 224 g/mol. The fourth-order valence-corrected chi connectivity index (χ4v) is 1.98. The van der Waals surface area contributed by atoms with E-state index < -0.39 is 17.1 Å². The summed E-state index contributed by atoms with van der Waals surface area (Å²) in [4.78, 5) is 10.0. The summed E-state index contributed by atoms with van der Waals surface area (Å²) in [7, 11) is 0. The lowest BCUT2D eigenvalue weighted by Crippen LogP contribution is -2.34. The van der Waals surface area contributed by atoms with Crippen LogP contribution in [0.3, 0.4) is 0 Å². The van der Waals surface area contributed by atoms with Gasteiger partial charge in [0.15, 0.2) is 0 Å². The Bertz CT molecular complexity index is 406. The third-order valence-electron chi connectivity index (χ3n) is 3.00. The van der Waals surface area contributed by atoms with Crippen molar-refractivity contribution in [3.8, 4) is 0 Å². The number of nitrogens with one attached hydrogen (secondary N) is 1. The van der Waals surface area contributed by atoms with Gasteiger partial charge in [0.25, 0.3) is 5.69 Å². The van der Waals surface area contributed by atoms with Gasteiger partial charge in [0, 0.05) is 24.7 Å². The van der Waals surface area contributed by atoms with Gasteiger partial charge in [-0.1, -0.05) is 12.1 Å². The van der Waals surface area contributed by atoms with Crippen LogP contribution in [-0.2, 0) is 6.42 Å². The van der Waals surface area contributed by atoms with Gasteiger partial charge in [0.05, 0.1) is 17.1 Å². The van der Waals surface area contributed by atoms with Crippen molar-refractivity contribution in [1.29, 1.82) is 0 Å². The highest BCUT2D eigenvalue weighted by Crippen LogP contribution is 2.16. The Labute approximate surface area is 98.0 Å². The van der Waals surface area contributed by atoms with E-state index in [9.17, 15) is 20.3 Å². The summed E-state index contributed by atoms with van der Waals surface area (Å²) >= 11 is 0. The number of aliphatic hydroxyl groups excluding tert-OH is 2. The summed E-state index contributed by atoms with van der Waals surface area (Å²) in [6, 6.07) is 6.00. The molecule has 1 aromatic rings. The number of benzene rings is 1. The summed E-state index contributed by atoms with van der Waals surface area (Å²) in [5, 5.41) is 32.5. The van der Waals surface area contributed by atoms with Crippen LogP contribution < -0.4 is 5.32 Å². The molecule has 17 heavy (non-hydrogen) atoms. The zero-order valence-corrected chi connectivity index (χ0v) is 9.11. The van der Waals surface area contributed by atoms with Gasteiger partial charge in [-0.15, -0.1) is 0 Å². The first-order chi connectivity index (χ1) is 8.08. The summed E-state index contributed by atoms with van der Waals surface area (Å²) in [6.45, 7) is 0.374. The number of aliphatic hydroxyl groups is 2. The molecule has 92 valence electrons. The molecule has 1 aromatic carbocycles. The molecule has 1 aliphatic rings. The van der Waals surface area contributed by atoms with Crippen molar-refractivity contribution in [1.82, 2.24) is 5.32 Å². The maximum atomic E-state index is 10.5. The Hall–Kier alpha value is -1.50. The highest BCUT2D eigenvalue weighted by Gasteiger charge is 2.32. The minimum absolute atomic E-state index is 0.0497. The molecule has 1 aliphatic heterocycles. The van der Waals surface area contributed by atoms with Crippen LogP contribution in [0, 0.1) is 10.1 Å². The van der Waals surface area contributed by atoms with Crippen LogP contribution >= 0.6 is 0 Å². The molecular formula is C11H14N2O4. The minimum atomic E-state index is -0.787. The predicted octanol–water partition coefficient (Wildman–Crippen LogP) is -0.169. The fourth-order valence-electron chi connectivity index (χ4n) is 1.98. The lowest BCUT2D eigenvalue weighted by atomic mass is 10.0. The topological polar surface area (TPSA) is 95.6 Å². The number of hydrogen-bond acceptors (Lipinski definition) is 5. The molecule has 0 amide bonds. The first-order valence-electron chi connectivity index (χ1n) is 5.41. The monoisotopic (exact) mass is 238 g/mol. The number of β-amino-alcohol motifs (C(OH)–C–C–N with tert-alkyl or cyclic N) is 1. The maximum absolute atomic E-state index is 10.5. The Kier molecular flexibility index (Phi) is 3.37. The van der Waals surface area contributed by atoms with Crippen LogP contribution in [0.15, 0.2) is 24.3 Å². The highest BCUT2D eigenvalue weighted by atomic mass is 16.6. The van der Waals surface area contributed by atoms with Gasteiger partial charge in [0.1, 0.15) is 0 Å². The second kappa shape index (κ2) is 4.79. The van der Waals surface area contributed by atoms with Gasteiger partial charge in [-0.25, -0.2) is 0 Å². The van der Waals surface area contributed by atoms with Gasteiger partial charge in [-0.3, -0.25) is 10.1 Å². The average Bonchev–Trinajstić information content (AvgIpc) is 2.62. The van der Waals surface area contributed by atoms with Crippen LogP contribution in [-0.4, -0.2) is 39.9 Å². The van der Waals surface area contributed by atoms with Crippen LogP contribution in [0.5, 0.6) is 0 Å². The third kappa shape index (κ3) is 2.60. The third-order valence-corrected chi connectivity index (χ3v) is 3.00. The summed E-state index contributed by atoms with van der Waals surface area (Å²) in [5.74, 6) is 0. The van der Waals surface area contributed by atoms with Crippen LogP contribution in [0.2, 0.25) is 0 Å². The molecule has 2 rings (SSSR count). The van der Waals surface area contributed by atoms with Gasteiger partial charge in [0.2, 0.25) is 0 Å². The number of nitro benzene ring substituents is 1. The fraction of sp³-hybridized carbons (Fsp3) is 0.455. The number of nitro groups is 1. The lowest BCUT2D eigenvalue weighted by molar-refractivity contribution is -0.384. The van der Waals surface area contributed by atoms with E-state index >= 15 is 0 Å². The Morgan fingerprint density at radius 3 is 2.47 bits per heavy atom. The zero-order chi connectivity index (χ0) is 12.4. The predicted molar refractivity (Wildman–Crippen MR) is 60.6 cm³/mol. The molecule has 6 nitrogen and oxygen atoms in total. The zero-order valence-electron chi connectivity index (χ0n) is 9.11. The number of hydrogen-bond donors (Lipinski definition) is 3. The van der Waals surface area contributed by atoms with E-state index in [4.69, 9.17) is 0 Å². The SMILES string of the molecule is O=[N+]([O-])c1ccc(C[C@H]2NC[C@H](O)[C@H]2O)cc1.